The average molecular weight is 670 g/mol. The molecule has 3 aromatic carbocycles. The lowest BCUT2D eigenvalue weighted by Gasteiger charge is -2.47. The Morgan fingerprint density at radius 3 is 1.49 bits per heavy atom. The van der Waals surface area contributed by atoms with E-state index in [1.807, 2.05) is 54.6 Å². The number of hydrogen-bond donors (Lipinski definition) is 0. The molecule has 234 valence electrons. The normalized spacial score (nSPS) is 22.9. The van der Waals surface area contributed by atoms with Crippen molar-refractivity contribution in [2.45, 2.75) is 102 Å². The minimum absolute atomic E-state index is 0.0853. The smallest absolute Gasteiger partial charge is 0.192 e. The molecule has 1 aliphatic heterocycles. The van der Waals surface area contributed by atoms with Gasteiger partial charge in [-0.3, -0.25) is 0 Å². The second-order valence-electron chi connectivity index (χ2n) is 12.9. The quantitative estimate of drug-likeness (QED) is 0.120. The van der Waals surface area contributed by atoms with Gasteiger partial charge in [-0.25, -0.2) is 0 Å². The van der Waals surface area contributed by atoms with Crippen LogP contribution >= 0.6 is 15.9 Å². The van der Waals surface area contributed by atoms with Gasteiger partial charge in [-0.2, -0.15) is 0 Å². The van der Waals surface area contributed by atoms with Crippen molar-refractivity contribution in [2.75, 3.05) is 11.9 Å². The van der Waals surface area contributed by atoms with E-state index in [2.05, 4.69) is 86.2 Å². The van der Waals surface area contributed by atoms with Crippen molar-refractivity contribution >= 4 is 24.2 Å². The monoisotopic (exact) mass is 668 g/mol. The van der Waals surface area contributed by atoms with Gasteiger partial charge in [-0.1, -0.05) is 128 Å². The van der Waals surface area contributed by atoms with Crippen LogP contribution in [-0.2, 0) is 43.2 Å². The molecule has 1 fully saturated rings. The highest BCUT2D eigenvalue weighted by molar-refractivity contribution is 9.09. The van der Waals surface area contributed by atoms with Gasteiger partial charge < -0.3 is 23.4 Å². The highest BCUT2D eigenvalue weighted by Crippen LogP contribution is 2.38. The summed E-state index contributed by atoms with van der Waals surface area (Å²) in [7, 11) is -2.04. The third-order valence-corrected chi connectivity index (χ3v) is 13.7. The van der Waals surface area contributed by atoms with Gasteiger partial charge in [0.2, 0.25) is 0 Å². The van der Waals surface area contributed by atoms with E-state index in [4.69, 9.17) is 23.4 Å². The van der Waals surface area contributed by atoms with Crippen molar-refractivity contribution in [1.29, 1.82) is 0 Å². The van der Waals surface area contributed by atoms with Gasteiger partial charge in [-0.15, -0.1) is 0 Å². The number of alkyl halides is 1. The zero-order valence-corrected chi connectivity index (χ0v) is 29.0. The largest absolute Gasteiger partial charge is 0.414 e. The van der Waals surface area contributed by atoms with E-state index in [9.17, 15) is 0 Å². The lowest BCUT2D eigenvalue weighted by molar-refractivity contribution is -0.270. The van der Waals surface area contributed by atoms with Crippen molar-refractivity contribution in [1.82, 2.24) is 0 Å². The Morgan fingerprint density at radius 1 is 0.651 bits per heavy atom. The Hall–Kier alpha value is -1.84. The standard InChI is InChI=1S/C36H49BrO5Si/c1-36(2,3)43(4,5)41-27-32-34(39-25-29-18-11-7-12-19-29)35(40-26-30-20-13-8-14-21-30)33(31(42-32)22-15-23-37)38-24-28-16-9-6-10-17-28/h6-14,16-21,31-35H,15,22-27H2,1-5H3. The number of ether oxygens (including phenoxy) is 4. The fourth-order valence-electron chi connectivity index (χ4n) is 5.04. The predicted octanol–water partition coefficient (Wildman–Crippen LogP) is 8.71. The minimum atomic E-state index is -2.04. The van der Waals surface area contributed by atoms with E-state index in [-0.39, 0.29) is 35.6 Å². The summed E-state index contributed by atoms with van der Waals surface area (Å²) < 4.78 is 34.0. The van der Waals surface area contributed by atoms with E-state index in [1.165, 1.54) is 0 Å². The number of benzene rings is 3. The van der Waals surface area contributed by atoms with Crippen LogP contribution in [0.1, 0.15) is 50.3 Å². The van der Waals surface area contributed by atoms with E-state index in [1.54, 1.807) is 0 Å². The van der Waals surface area contributed by atoms with Gasteiger partial charge in [-0.05, 0) is 47.7 Å². The molecule has 0 N–H and O–H groups in total. The van der Waals surface area contributed by atoms with Crippen LogP contribution < -0.4 is 0 Å². The van der Waals surface area contributed by atoms with Gasteiger partial charge >= 0.3 is 0 Å². The molecule has 7 heteroatoms. The van der Waals surface area contributed by atoms with Crippen LogP contribution in [0.5, 0.6) is 0 Å². The second-order valence-corrected chi connectivity index (χ2v) is 18.5. The first-order chi connectivity index (χ1) is 20.7. The molecule has 0 spiro atoms. The molecule has 4 rings (SSSR count). The molecule has 0 bridgehead atoms. The van der Waals surface area contributed by atoms with E-state index < -0.39 is 8.32 Å². The molecule has 0 saturated carbocycles. The Morgan fingerprint density at radius 2 is 1.07 bits per heavy atom. The predicted molar refractivity (Wildman–Crippen MR) is 180 cm³/mol. The molecule has 5 atom stereocenters. The van der Waals surface area contributed by atoms with E-state index in [0.717, 1.165) is 34.9 Å². The van der Waals surface area contributed by atoms with Gasteiger partial charge in [0.15, 0.2) is 8.32 Å². The summed E-state index contributed by atoms with van der Waals surface area (Å²) in [5.41, 5.74) is 3.34. The molecule has 5 unspecified atom stereocenters. The maximum Gasteiger partial charge on any atom is 0.192 e. The third kappa shape index (κ3) is 10.1. The summed E-state index contributed by atoms with van der Waals surface area (Å²) >= 11 is 3.63. The highest BCUT2D eigenvalue weighted by Gasteiger charge is 2.49. The van der Waals surface area contributed by atoms with Gasteiger partial charge in [0, 0.05) is 5.33 Å². The van der Waals surface area contributed by atoms with Crippen LogP contribution in [-0.4, -0.2) is 50.8 Å². The molecular weight excluding hydrogens is 620 g/mol. The SMILES string of the molecule is CC(C)(C)[Si](C)(C)OCC1OC(CCCBr)C(OCc2ccccc2)C(OCc2ccccc2)C1OCc1ccccc1. The van der Waals surface area contributed by atoms with Crippen molar-refractivity contribution in [2.24, 2.45) is 0 Å². The third-order valence-electron chi connectivity index (χ3n) is 8.62. The molecule has 0 amide bonds. The molecule has 3 aromatic rings. The average Bonchev–Trinajstić information content (AvgIpc) is 3.01. The summed E-state index contributed by atoms with van der Waals surface area (Å²) in [6.07, 6.45) is 0.309. The summed E-state index contributed by atoms with van der Waals surface area (Å²) in [5.74, 6) is 0. The molecule has 1 heterocycles. The first-order valence-electron chi connectivity index (χ1n) is 15.5. The van der Waals surface area contributed by atoms with E-state index >= 15 is 0 Å². The zero-order valence-electron chi connectivity index (χ0n) is 26.4. The molecule has 1 saturated heterocycles. The summed E-state index contributed by atoms with van der Waals surface area (Å²) in [6.45, 7) is 13.2. The van der Waals surface area contributed by atoms with Crippen molar-refractivity contribution in [3.63, 3.8) is 0 Å². The number of hydrogen-bond acceptors (Lipinski definition) is 5. The second kappa shape index (κ2) is 16.5. The van der Waals surface area contributed by atoms with Gasteiger partial charge in [0.1, 0.15) is 24.4 Å². The molecule has 1 aliphatic rings. The molecule has 0 aromatic heterocycles. The molecule has 0 radical (unpaired) electrons. The Labute approximate surface area is 268 Å². The molecule has 0 aliphatic carbocycles. The van der Waals surface area contributed by atoms with Crippen LogP contribution in [0.25, 0.3) is 0 Å². The Kier molecular flexibility index (Phi) is 13.0. The lowest BCUT2D eigenvalue weighted by Crippen LogP contribution is -2.61. The molecular formula is C36H49BrO5Si. The van der Waals surface area contributed by atoms with Crippen LogP contribution in [0.15, 0.2) is 91.0 Å². The maximum absolute atomic E-state index is 6.93. The minimum Gasteiger partial charge on any atom is -0.414 e. The molecule has 5 nitrogen and oxygen atoms in total. The first kappa shape index (κ1) is 34.0. The van der Waals surface area contributed by atoms with Crippen LogP contribution in [0.2, 0.25) is 18.1 Å². The number of rotatable bonds is 15. The van der Waals surface area contributed by atoms with Crippen molar-refractivity contribution in [3.05, 3.63) is 108 Å². The fourth-order valence-corrected chi connectivity index (χ4v) is 6.37. The number of halogens is 1. The van der Waals surface area contributed by atoms with Gasteiger partial charge in [0.05, 0.1) is 32.5 Å². The topological polar surface area (TPSA) is 46.2 Å². The molecule has 43 heavy (non-hydrogen) atoms. The summed E-state index contributed by atoms with van der Waals surface area (Å²) in [5, 5.41) is 0.981. The van der Waals surface area contributed by atoms with Crippen LogP contribution in [0, 0.1) is 0 Å². The summed E-state index contributed by atoms with van der Waals surface area (Å²) in [4.78, 5) is 0. The van der Waals surface area contributed by atoms with Gasteiger partial charge in [0.25, 0.3) is 0 Å². The fraction of sp³-hybridized carbons (Fsp3) is 0.500. The van der Waals surface area contributed by atoms with Crippen molar-refractivity contribution in [3.8, 4) is 0 Å². The maximum atomic E-state index is 6.93. The Balaban J connectivity index is 1.66. The lowest BCUT2D eigenvalue weighted by atomic mass is 9.92. The summed E-state index contributed by atoms with van der Waals surface area (Å²) in [6, 6.07) is 30.9. The highest BCUT2D eigenvalue weighted by atomic mass is 79.9. The zero-order chi connectivity index (χ0) is 30.7. The van der Waals surface area contributed by atoms with Crippen LogP contribution in [0.4, 0.5) is 0 Å². The van der Waals surface area contributed by atoms with Crippen molar-refractivity contribution < 1.29 is 23.4 Å². The van der Waals surface area contributed by atoms with E-state index in [0.29, 0.717) is 26.4 Å². The van der Waals surface area contributed by atoms with Crippen LogP contribution in [0.3, 0.4) is 0 Å². The first-order valence-corrected chi connectivity index (χ1v) is 19.5. The Bertz CT molecular complexity index is 1190.